The minimum Gasteiger partial charge on any atom is -0.382 e. The second-order valence-electron chi connectivity index (χ2n) is 6.04. The molecule has 1 aromatic carbocycles. The molecule has 0 bridgehead atoms. The molecule has 2 aromatic heterocycles. The highest BCUT2D eigenvalue weighted by atomic mass is 32.1. The highest BCUT2D eigenvalue weighted by Gasteiger charge is 2.17. The molecule has 0 atom stereocenters. The van der Waals surface area contributed by atoms with Gasteiger partial charge in [0.15, 0.2) is 0 Å². The molecule has 0 fully saturated rings. The number of hydrogen-bond donors (Lipinski definition) is 2. The molecule has 0 aliphatic carbocycles. The number of carbonyl (C=O) groups excluding carboxylic acids is 1. The fourth-order valence-electron chi connectivity index (χ4n) is 3.13. The van der Waals surface area contributed by atoms with Crippen molar-refractivity contribution in [2.24, 2.45) is 7.05 Å². The van der Waals surface area contributed by atoms with Crippen LogP contribution in [0.15, 0.2) is 41.8 Å². The molecule has 0 radical (unpaired) electrons. The summed E-state index contributed by atoms with van der Waals surface area (Å²) >= 11 is 1.71. The van der Waals surface area contributed by atoms with E-state index in [0.29, 0.717) is 26.3 Å². The van der Waals surface area contributed by atoms with E-state index in [1.807, 2.05) is 19.1 Å². The smallest absolute Gasteiger partial charge is 0.315 e. The SMILES string of the molecule is CCOCCCNC(=O)NCc1c(-c2cccs2)n(C)c2ccccc12. The lowest BCUT2D eigenvalue weighted by molar-refractivity contribution is 0.145. The van der Waals surface area contributed by atoms with E-state index in [2.05, 4.69) is 51.9 Å². The van der Waals surface area contributed by atoms with Crippen LogP contribution in [0.4, 0.5) is 4.79 Å². The molecule has 26 heavy (non-hydrogen) atoms. The summed E-state index contributed by atoms with van der Waals surface area (Å²) in [5.74, 6) is 0. The lowest BCUT2D eigenvalue weighted by Crippen LogP contribution is -2.36. The van der Waals surface area contributed by atoms with Gasteiger partial charge in [0.05, 0.1) is 10.6 Å². The van der Waals surface area contributed by atoms with E-state index >= 15 is 0 Å². The van der Waals surface area contributed by atoms with Gasteiger partial charge in [0.1, 0.15) is 0 Å². The predicted octanol–water partition coefficient (Wildman–Crippen LogP) is 4.13. The van der Waals surface area contributed by atoms with Crippen LogP contribution in [0.25, 0.3) is 21.5 Å². The van der Waals surface area contributed by atoms with Gasteiger partial charge >= 0.3 is 6.03 Å². The fraction of sp³-hybridized carbons (Fsp3) is 0.350. The quantitative estimate of drug-likeness (QED) is 0.585. The number of fused-ring (bicyclic) bond motifs is 1. The zero-order valence-corrected chi connectivity index (χ0v) is 16.1. The first-order valence-electron chi connectivity index (χ1n) is 8.92. The third-order valence-electron chi connectivity index (χ3n) is 4.35. The Balaban J connectivity index is 1.73. The Kier molecular flexibility index (Phi) is 6.30. The van der Waals surface area contributed by atoms with Gasteiger partial charge in [-0.1, -0.05) is 24.3 Å². The normalized spacial score (nSPS) is 11.0. The second kappa shape index (κ2) is 8.87. The number of hydrogen-bond acceptors (Lipinski definition) is 3. The lowest BCUT2D eigenvalue weighted by atomic mass is 10.1. The van der Waals surface area contributed by atoms with Gasteiger partial charge in [-0.3, -0.25) is 0 Å². The summed E-state index contributed by atoms with van der Waals surface area (Å²) in [7, 11) is 2.08. The molecule has 3 rings (SSSR count). The van der Waals surface area contributed by atoms with E-state index in [9.17, 15) is 4.79 Å². The molecule has 5 nitrogen and oxygen atoms in total. The lowest BCUT2D eigenvalue weighted by Gasteiger charge is -2.09. The Bertz CT molecular complexity index is 855. The van der Waals surface area contributed by atoms with E-state index in [1.165, 1.54) is 15.8 Å². The van der Waals surface area contributed by atoms with Gasteiger partial charge in [0, 0.05) is 49.8 Å². The van der Waals surface area contributed by atoms with E-state index in [-0.39, 0.29) is 6.03 Å². The monoisotopic (exact) mass is 371 g/mol. The molecule has 6 heteroatoms. The largest absolute Gasteiger partial charge is 0.382 e. The number of nitrogens with zero attached hydrogens (tertiary/aromatic N) is 1. The Hall–Kier alpha value is -2.31. The van der Waals surface area contributed by atoms with Crippen molar-refractivity contribution in [3.05, 3.63) is 47.3 Å². The molecule has 0 unspecified atom stereocenters. The third-order valence-corrected chi connectivity index (χ3v) is 5.22. The van der Waals surface area contributed by atoms with Gasteiger partial charge in [-0.2, -0.15) is 0 Å². The minimum absolute atomic E-state index is 0.147. The van der Waals surface area contributed by atoms with Crippen LogP contribution in [0.2, 0.25) is 0 Å². The van der Waals surface area contributed by atoms with Crippen LogP contribution >= 0.6 is 11.3 Å². The van der Waals surface area contributed by atoms with Crippen molar-refractivity contribution in [1.82, 2.24) is 15.2 Å². The third kappa shape index (κ3) is 4.08. The number of benzene rings is 1. The van der Waals surface area contributed by atoms with Crippen molar-refractivity contribution in [2.45, 2.75) is 19.9 Å². The van der Waals surface area contributed by atoms with E-state index < -0.39 is 0 Å². The summed E-state index contributed by atoms with van der Waals surface area (Å²) in [4.78, 5) is 13.3. The zero-order chi connectivity index (χ0) is 18.4. The molecular weight excluding hydrogens is 346 g/mol. The number of thiophene rings is 1. The first kappa shape index (κ1) is 18.5. The van der Waals surface area contributed by atoms with Gasteiger partial charge in [0.25, 0.3) is 0 Å². The van der Waals surface area contributed by atoms with Crippen LogP contribution < -0.4 is 10.6 Å². The van der Waals surface area contributed by atoms with E-state index in [0.717, 1.165) is 17.7 Å². The molecule has 0 saturated carbocycles. The number of aromatic nitrogens is 1. The van der Waals surface area contributed by atoms with E-state index in [4.69, 9.17) is 4.74 Å². The zero-order valence-electron chi connectivity index (χ0n) is 15.2. The maximum atomic E-state index is 12.1. The van der Waals surface area contributed by atoms with Crippen LogP contribution in [0.1, 0.15) is 18.9 Å². The molecular formula is C20H25N3O2S. The molecule has 2 amide bonds. The Morgan fingerprint density at radius 2 is 2.04 bits per heavy atom. The van der Waals surface area contributed by atoms with Crippen molar-refractivity contribution in [3.8, 4) is 10.6 Å². The number of nitrogens with one attached hydrogen (secondary N) is 2. The number of rotatable bonds is 8. The summed E-state index contributed by atoms with van der Waals surface area (Å²) in [5, 5.41) is 9.14. The number of aryl methyl sites for hydroxylation is 1. The number of urea groups is 1. The summed E-state index contributed by atoms with van der Waals surface area (Å²) in [6.07, 6.45) is 0.815. The maximum Gasteiger partial charge on any atom is 0.315 e. The Morgan fingerprint density at radius 3 is 2.81 bits per heavy atom. The number of para-hydroxylation sites is 1. The predicted molar refractivity (Wildman–Crippen MR) is 108 cm³/mol. The molecule has 2 heterocycles. The number of ether oxygens (including phenoxy) is 1. The number of amides is 2. The fourth-order valence-corrected chi connectivity index (χ4v) is 3.96. The molecule has 0 aliphatic heterocycles. The van der Waals surface area contributed by atoms with Crippen LogP contribution in [0.3, 0.4) is 0 Å². The van der Waals surface area contributed by atoms with Crippen LogP contribution in [0, 0.1) is 0 Å². The number of carbonyl (C=O) groups is 1. The summed E-state index contributed by atoms with van der Waals surface area (Å²) < 4.78 is 7.49. The molecule has 138 valence electrons. The highest BCUT2D eigenvalue weighted by molar-refractivity contribution is 7.13. The molecule has 3 aromatic rings. The second-order valence-corrected chi connectivity index (χ2v) is 6.99. The van der Waals surface area contributed by atoms with Crippen molar-refractivity contribution >= 4 is 28.3 Å². The summed E-state index contributed by atoms with van der Waals surface area (Å²) in [6.45, 7) is 4.45. The Labute approximate surface area is 158 Å². The summed E-state index contributed by atoms with van der Waals surface area (Å²) in [5.41, 5.74) is 3.48. The highest BCUT2D eigenvalue weighted by Crippen LogP contribution is 2.35. The van der Waals surface area contributed by atoms with Gasteiger partial charge < -0.3 is 19.9 Å². The minimum atomic E-state index is -0.147. The topological polar surface area (TPSA) is 55.3 Å². The average molecular weight is 372 g/mol. The van der Waals surface area contributed by atoms with Crippen molar-refractivity contribution in [3.63, 3.8) is 0 Å². The van der Waals surface area contributed by atoms with Gasteiger partial charge in [-0.15, -0.1) is 11.3 Å². The van der Waals surface area contributed by atoms with Gasteiger partial charge in [-0.05, 0) is 30.9 Å². The van der Waals surface area contributed by atoms with Gasteiger partial charge in [0.2, 0.25) is 0 Å². The standard InChI is InChI=1S/C20H25N3O2S/c1-3-25-12-7-11-21-20(24)22-14-16-15-8-4-5-9-17(15)23(2)19(16)18-10-6-13-26-18/h4-6,8-10,13H,3,7,11-12,14H2,1-2H3,(H2,21,22,24). The van der Waals surface area contributed by atoms with Crippen molar-refractivity contribution in [1.29, 1.82) is 0 Å². The van der Waals surface area contributed by atoms with Crippen LogP contribution in [0.5, 0.6) is 0 Å². The summed E-state index contributed by atoms with van der Waals surface area (Å²) in [6, 6.07) is 12.3. The maximum absolute atomic E-state index is 12.1. The van der Waals surface area contributed by atoms with Crippen molar-refractivity contribution < 1.29 is 9.53 Å². The molecule has 2 N–H and O–H groups in total. The first-order valence-corrected chi connectivity index (χ1v) is 9.80. The first-order chi connectivity index (χ1) is 12.7. The van der Waals surface area contributed by atoms with Crippen LogP contribution in [-0.2, 0) is 18.3 Å². The Morgan fingerprint density at radius 1 is 1.19 bits per heavy atom. The molecule has 0 saturated heterocycles. The molecule has 0 spiro atoms. The van der Waals surface area contributed by atoms with E-state index in [1.54, 1.807) is 11.3 Å². The van der Waals surface area contributed by atoms with Gasteiger partial charge in [-0.25, -0.2) is 4.79 Å². The van der Waals surface area contributed by atoms with Crippen molar-refractivity contribution in [2.75, 3.05) is 19.8 Å². The van der Waals surface area contributed by atoms with Crippen LogP contribution in [-0.4, -0.2) is 30.4 Å². The molecule has 0 aliphatic rings. The average Bonchev–Trinajstić information content (AvgIpc) is 3.27.